The van der Waals surface area contributed by atoms with Crippen molar-refractivity contribution in [2.75, 3.05) is 52.9 Å². The van der Waals surface area contributed by atoms with Gasteiger partial charge in [0.2, 0.25) is 0 Å². The van der Waals surface area contributed by atoms with Gasteiger partial charge >= 0.3 is 30.9 Å². The average molecular weight is 406 g/mol. The summed E-state index contributed by atoms with van der Waals surface area (Å²) in [5.74, 6) is 0. The summed E-state index contributed by atoms with van der Waals surface area (Å²) in [4.78, 5) is 4.51. The first-order valence-electron chi connectivity index (χ1n) is 5.35. The Bertz CT molecular complexity index is 56.5. The summed E-state index contributed by atoms with van der Waals surface area (Å²) in [5.41, 5.74) is 0. The fourth-order valence-electron chi connectivity index (χ4n) is 0. The Morgan fingerprint density at radius 2 is 0.474 bits per heavy atom. The zero-order chi connectivity index (χ0) is 16.4. The second-order valence-electron chi connectivity index (χ2n) is 2.20. The Kier molecular flexibility index (Phi) is 105. The van der Waals surface area contributed by atoms with Crippen molar-refractivity contribution in [3.05, 3.63) is 0 Å². The van der Waals surface area contributed by atoms with Gasteiger partial charge in [0.25, 0.3) is 0 Å². The van der Waals surface area contributed by atoms with Crippen molar-refractivity contribution in [1.82, 2.24) is 0 Å². The summed E-state index contributed by atoms with van der Waals surface area (Å²) < 4.78 is 0. The summed E-state index contributed by atoms with van der Waals surface area (Å²) in [5, 5.41) is 61.0. The quantitative estimate of drug-likeness (QED) is 0.225. The molecule has 0 aromatic heterocycles. The zero-order valence-corrected chi connectivity index (χ0v) is 14.0. The average Bonchev–Trinajstić information content (AvgIpc) is 2.48. The van der Waals surface area contributed by atoms with Crippen LogP contribution in [0, 0.1) is 0 Å². The minimum Gasteiger partial charge on any atom is -0.394 e. The number of rotatable bonds is 4. The van der Waals surface area contributed by atoms with Gasteiger partial charge in [0.05, 0.1) is 52.9 Å². The fraction of sp³-hybridized carbons (Fsp3) is 1.00. The molecule has 0 radical (unpaired) electrons. The van der Waals surface area contributed by atoms with E-state index in [2.05, 4.69) is 9.94 Å². The number of hydrogen-bond donors (Lipinski definition) is 8. The number of aliphatic hydroxyl groups excluding tert-OH is 8. The minimum atomic E-state index is -0.125. The van der Waals surface area contributed by atoms with Gasteiger partial charge in [-0.2, -0.15) is 0 Å². The van der Waals surface area contributed by atoms with Crippen molar-refractivity contribution in [3.63, 3.8) is 0 Å². The minimum absolute atomic E-state index is 0.125. The van der Waals surface area contributed by atoms with Crippen molar-refractivity contribution < 1.29 is 40.9 Å². The third-order valence-electron chi connectivity index (χ3n) is 0.400. The second kappa shape index (κ2) is 62.9. The van der Waals surface area contributed by atoms with E-state index < -0.39 is 0 Å². The van der Waals surface area contributed by atoms with Crippen LogP contribution in [0.2, 0.25) is 9.94 Å². The molecule has 0 amide bonds. The van der Waals surface area contributed by atoms with Crippen LogP contribution in [0.3, 0.4) is 0 Å². The van der Waals surface area contributed by atoms with E-state index >= 15 is 0 Å². The Balaban J connectivity index is -0.0000000432. The van der Waals surface area contributed by atoms with Gasteiger partial charge in [-0.1, -0.05) is 0 Å². The fourth-order valence-corrected chi connectivity index (χ4v) is 0. The number of hydrogen-bond acceptors (Lipinski definition) is 8. The molecule has 0 aromatic rings. The molecule has 0 aromatic carbocycles. The molecule has 19 heavy (non-hydrogen) atoms. The van der Waals surface area contributed by atoms with Gasteiger partial charge in [0.15, 0.2) is 0 Å². The Morgan fingerprint density at radius 3 is 0.474 bits per heavy atom. The van der Waals surface area contributed by atoms with Crippen molar-refractivity contribution in [2.24, 2.45) is 0 Å². The van der Waals surface area contributed by atoms with E-state index in [1.165, 1.54) is 0 Å². The topological polar surface area (TPSA) is 162 Å². The van der Waals surface area contributed by atoms with Crippen LogP contribution in [0.1, 0.15) is 0 Å². The van der Waals surface area contributed by atoms with E-state index in [-0.39, 0.29) is 52.9 Å². The van der Waals surface area contributed by atoms with Crippen molar-refractivity contribution in [2.45, 2.75) is 9.94 Å². The second-order valence-corrected chi connectivity index (χ2v) is 4.53. The number of aliphatic hydroxyl groups is 8. The molecule has 9 heteroatoms. The molecule has 0 aliphatic carbocycles. The predicted molar refractivity (Wildman–Crippen MR) is 74.2 cm³/mol. The Hall–Kier alpha value is 0.470. The van der Waals surface area contributed by atoms with E-state index in [4.69, 9.17) is 40.9 Å². The van der Waals surface area contributed by atoms with Crippen LogP contribution in [-0.2, 0) is 0 Å². The normalized spacial score (nSPS) is 7.26. The molecule has 124 valence electrons. The Morgan fingerprint density at radius 1 is 0.421 bits per heavy atom. The molecule has 0 fully saturated rings. The van der Waals surface area contributed by atoms with Gasteiger partial charge in [0.1, 0.15) is 0 Å². The molecule has 0 aliphatic rings. The smallest absolute Gasteiger partial charge is 0.0662 e. The summed E-state index contributed by atoms with van der Waals surface area (Å²) in [6, 6.07) is 0. The van der Waals surface area contributed by atoms with Crippen LogP contribution < -0.4 is 0 Å². The van der Waals surface area contributed by atoms with Gasteiger partial charge in [0, 0.05) is 0 Å². The third-order valence-corrected chi connectivity index (χ3v) is 0.400. The van der Waals surface area contributed by atoms with Gasteiger partial charge in [-0.05, 0) is 0 Å². The summed E-state index contributed by atoms with van der Waals surface area (Å²) in [6.07, 6.45) is 0. The van der Waals surface area contributed by atoms with Crippen molar-refractivity contribution in [3.8, 4) is 0 Å². The monoisotopic (exact) mass is 408 g/mol. The molecule has 0 saturated heterocycles. The largest absolute Gasteiger partial charge is 0.394 e. The van der Waals surface area contributed by atoms with Gasteiger partial charge in [-0.3, -0.25) is 0 Å². The van der Waals surface area contributed by atoms with Crippen LogP contribution in [0.4, 0.5) is 0 Å². The van der Waals surface area contributed by atoms with Crippen LogP contribution >= 0.6 is 0 Å². The molecular weight excluding hydrogens is 376 g/mol. The summed E-state index contributed by atoms with van der Waals surface area (Å²) in [6.45, 7) is -1.00. The molecule has 0 saturated carbocycles. The van der Waals surface area contributed by atoms with E-state index in [0.29, 0.717) is 20.9 Å². The molecule has 0 rings (SSSR count). The molecular formula is C10H30O8Te. The molecule has 0 heterocycles. The van der Waals surface area contributed by atoms with Gasteiger partial charge in [-0.15, -0.1) is 0 Å². The van der Waals surface area contributed by atoms with Gasteiger partial charge < -0.3 is 40.9 Å². The van der Waals surface area contributed by atoms with Crippen LogP contribution in [0.15, 0.2) is 0 Å². The van der Waals surface area contributed by atoms with E-state index in [1.807, 2.05) is 0 Å². The molecule has 8 N–H and O–H groups in total. The standard InChI is InChI=1S/4C2H6O2.C2H6Te/c4*3-1-2-4;1-3-2/h4*3-4H,1-2H2;1-2H3. The maximum absolute atomic E-state index is 7.62. The summed E-state index contributed by atoms with van der Waals surface area (Å²) in [7, 11) is 0. The molecule has 0 unspecified atom stereocenters. The SMILES string of the molecule is C[Te]C.OCCO.OCCO.OCCO.OCCO. The summed E-state index contributed by atoms with van der Waals surface area (Å²) >= 11 is 0.470. The third kappa shape index (κ3) is 251. The van der Waals surface area contributed by atoms with E-state index in [0.717, 1.165) is 0 Å². The first-order valence-corrected chi connectivity index (χ1v) is 10.0. The van der Waals surface area contributed by atoms with Crippen LogP contribution in [0.5, 0.6) is 0 Å². The van der Waals surface area contributed by atoms with Crippen molar-refractivity contribution in [1.29, 1.82) is 0 Å². The van der Waals surface area contributed by atoms with Crippen molar-refractivity contribution >= 4 is 20.9 Å². The molecule has 0 aliphatic heterocycles. The van der Waals surface area contributed by atoms with Gasteiger partial charge in [-0.25, -0.2) is 0 Å². The molecule has 0 atom stereocenters. The first kappa shape index (κ1) is 31.7. The van der Waals surface area contributed by atoms with E-state index in [9.17, 15) is 0 Å². The van der Waals surface area contributed by atoms with Crippen LogP contribution in [0.25, 0.3) is 0 Å². The zero-order valence-electron chi connectivity index (χ0n) is 11.6. The Labute approximate surface area is 125 Å². The van der Waals surface area contributed by atoms with Crippen LogP contribution in [-0.4, -0.2) is 115 Å². The first-order chi connectivity index (χ1) is 9.07. The predicted octanol–water partition coefficient (Wildman–Crippen LogP) is -3.33. The van der Waals surface area contributed by atoms with E-state index in [1.54, 1.807) is 0 Å². The maximum atomic E-state index is 7.62. The molecule has 0 spiro atoms. The molecule has 0 bridgehead atoms. The molecule has 8 nitrogen and oxygen atoms in total. The maximum Gasteiger partial charge on any atom is 0.0662 e.